The summed E-state index contributed by atoms with van der Waals surface area (Å²) >= 11 is 5.87. The third kappa shape index (κ3) is 2.72. The SMILES string of the molecule is CC(C)(C)C(CCCl)Nc1ncnc2nc[nH]c12. The summed E-state index contributed by atoms with van der Waals surface area (Å²) in [5, 5.41) is 3.44. The van der Waals surface area contributed by atoms with Crippen molar-refractivity contribution >= 4 is 28.6 Å². The lowest BCUT2D eigenvalue weighted by Crippen LogP contribution is -2.34. The van der Waals surface area contributed by atoms with E-state index in [1.165, 1.54) is 6.33 Å². The molecule has 0 fully saturated rings. The second-order valence-electron chi connectivity index (χ2n) is 5.36. The van der Waals surface area contributed by atoms with Gasteiger partial charge in [0.1, 0.15) is 11.8 Å². The normalized spacial score (nSPS) is 13.8. The summed E-state index contributed by atoms with van der Waals surface area (Å²) < 4.78 is 0. The first kappa shape index (κ1) is 13.1. The summed E-state index contributed by atoms with van der Waals surface area (Å²) in [7, 11) is 0. The molecular formula is C12H18ClN5. The predicted molar refractivity (Wildman–Crippen MR) is 73.9 cm³/mol. The van der Waals surface area contributed by atoms with Crippen molar-refractivity contribution in [2.75, 3.05) is 11.2 Å². The van der Waals surface area contributed by atoms with Crippen LogP contribution in [0.4, 0.5) is 5.82 Å². The molecule has 2 N–H and O–H groups in total. The molecule has 0 aliphatic carbocycles. The fourth-order valence-corrected chi connectivity index (χ4v) is 2.09. The van der Waals surface area contributed by atoms with E-state index in [0.29, 0.717) is 11.5 Å². The van der Waals surface area contributed by atoms with E-state index in [-0.39, 0.29) is 11.5 Å². The monoisotopic (exact) mass is 267 g/mol. The Labute approximate surface area is 111 Å². The molecule has 2 aromatic rings. The fourth-order valence-electron chi connectivity index (χ4n) is 1.87. The van der Waals surface area contributed by atoms with E-state index in [0.717, 1.165) is 17.8 Å². The van der Waals surface area contributed by atoms with Gasteiger partial charge < -0.3 is 10.3 Å². The summed E-state index contributed by atoms with van der Waals surface area (Å²) in [5.41, 5.74) is 1.61. The summed E-state index contributed by atoms with van der Waals surface area (Å²) in [6, 6.07) is 0.247. The maximum Gasteiger partial charge on any atom is 0.182 e. The zero-order chi connectivity index (χ0) is 13.2. The van der Waals surface area contributed by atoms with Crippen molar-refractivity contribution in [2.24, 2.45) is 5.41 Å². The molecule has 5 nitrogen and oxygen atoms in total. The molecule has 2 aromatic heterocycles. The Morgan fingerprint density at radius 2 is 2.11 bits per heavy atom. The van der Waals surface area contributed by atoms with Gasteiger partial charge in [-0.2, -0.15) is 0 Å². The fraction of sp³-hybridized carbons (Fsp3) is 0.583. The molecule has 0 aromatic carbocycles. The number of imidazole rings is 1. The first-order valence-corrected chi connectivity index (χ1v) is 6.52. The molecule has 18 heavy (non-hydrogen) atoms. The minimum Gasteiger partial charge on any atom is -0.365 e. The minimum absolute atomic E-state index is 0.103. The van der Waals surface area contributed by atoms with Crippen LogP contribution >= 0.6 is 11.6 Å². The zero-order valence-corrected chi connectivity index (χ0v) is 11.6. The average molecular weight is 268 g/mol. The number of alkyl halides is 1. The molecule has 0 aliphatic rings. The van der Waals surface area contributed by atoms with E-state index < -0.39 is 0 Å². The number of halogens is 1. The van der Waals surface area contributed by atoms with Crippen molar-refractivity contribution in [3.63, 3.8) is 0 Å². The standard InChI is InChI=1S/C12H18ClN5/c1-12(2,3)8(4-5-13)18-11-9-10(15-6-14-9)16-7-17-11/h6-8H,4-5H2,1-3H3,(H2,14,15,16,17,18). The first-order chi connectivity index (χ1) is 8.52. The van der Waals surface area contributed by atoms with Gasteiger partial charge in [0.05, 0.1) is 6.33 Å². The third-order valence-electron chi connectivity index (χ3n) is 2.98. The Balaban J connectivity index is 2.28. The highest BCUT2D eigenvalue weighted by atomic mass is 35.5. The highest BCUT2D eigenvalue weighted by molar-refractivity contribution is 6.17. The maximum absolute atomic E-state index is 5.87. The molecule has 1 unspecified atom stereocenters. The van der Waals surface area contributed by atoms with Gasteiger partial charge >= 0.3 is 0 Å². The molecule has 1 atom stereocenters. The van der Waals surface area contributed by atoms with Crippen molar-refractivity contribution in [3.05, 3.63) is 12.7 Å². The van der Waals surface area contributed by atoms with Gasteiger partial charge in [-0.25, -0.2) is 15.0 Å². The summed E-state index contributed by atoms with van der Waals surface area (Å²) in [6.45, 7) is 6.55. The molecule has 0 saturated carbocycles. The molecule has 0 spiro atoms. The lowest BCUT2D eigenvalue weighted by atomic mass is 9.85. The molecule has 0 amide bonds. The van der Waals surface area contributed by atoms with Crippen molar-refractivity contribution in [3.8, 4) is 0 Å². The highest BCUT2D eigenvalue weighted by Crippen LogP contribution is 2.27. The Hall–Kier alpha value is -1.36. The Kier molecular flexibility index (Phi) is 3.71. The molecule has 0 aliphatic heterocycles. The quantitative estimate of drug-likeness (QED) is 0.836. The molecule has 0 radical (unpaired) electrons. The van der Waals surface area contributed by atoms with E-state index in [9.17, 15) is 0 Å². The van der Waals surface area contributed by atoms with Gasteiger partial charge in [-0.15, -0.1) is 11.6 Å². The van der Waals surface area contributed by atoms with Crippen LogP contribution in [0.1, 0.15) is 27.2 Å². The average Bonchev–Trinajstić information content (AvgIpc) is 2.76. The second-order valence-corrected chi connectivity index (χ2v) is 5.74. The number of H-pyrrole nitrogens is 1. The lowest BCUT2D eigenvalue weighted by molar-refractivity contribution is 0.334. The number of fused-ring (bicyclic) bond motifs is 1. The number of aromatic nitrogens is 4. The smallest absolute Gasteiger partial charge is 0.182 e. The molecule has 2 rings (SSSR count). The van der Waals surface area contributed by atoms with Crippen LogP contribution in [-0.4, -0.2) is 31.9 Å². The first-order valence-electron chi connectivity index (χ1n) is 5.99. The van der Waals surface area contributed by atoms with Crippen molar-refractivity contribution in [1.82, 2.24) is 19.9 Å². The van der Waals surface area contributed by atoms with Crippen LogP contribution in [0.15, 0.2) is 12.7 Å². The Bertz CT molecular complexity index is 516. The third-order valence-corrected chi connectivity index (χ3v) is 3.20. The number of aromatic amines is 1. The molecular weight excluding hydrogens is 250 g/mol. The van der Waals surface area contributed by atoms with Crippen molar-refractivity contribution in [2.45, 2.75) is 33.2 Å². The largest absolute Gasteiger partial charge is 0.365 e. The molecule has 98 valence electrons. The van der Waals surface area contributed by atoms with Gasteiger partial charge in [-0.05, 0) is 11.8 Å². The van der Waals surface area contributed by atoms with Gasteiger partial charge in [0.25, 0.3) is 0 Å². The van der Waals surface area contributed by atoms with Crippen molar-refractivity contribution < 1.29 is 0 Å². The van der Waals surface area contributed by atoms with Crippen LogP contribution in [0.3, 0.4) is 0 Å². The number of nitrogens with zero attached hydrogens (tertiary/aromatic N) is 3. The lowest BCUT2D eigenvalue weighted by Gasteiger charge is -2.31. The summed E-state index contributed by atoms with van der Waals surface area (Å²) in [4.78, 5) is 15.6. The number of nitrogens with one attached hydrogen (secondary N) is 2. The van der Waals surface area contributed by atoms with Gasteiger partial charge in [-0.3, -0.25) is 0 Å². The predicted octanol–water partition coefficient (Wildman–Crippen LogP) is 2.81. The summed E-state index contributed by atoms with van der Waals surface area (Å²) in [5.74, 6) is 1.40. The van der Waals surface area contributed by atoms with Gasteiger partial charge in [0.15, 0.2) is 11.5 Å². The van der Waals surface area contributed by atoms with E-state index in [1.54, 1.807) is 6.33 Å². The number of anilines is 1. The number of hydrogen-bond donors (Lipinski definition) is 2. The van der Waals surface area contributed by atoms with E-state index in [2.05, 4.69) is 46.0 Å². The Morgan fingerprint density at radius 1 is 1.33 bits per heavy atom. The Morgan fingerprint density at radius 3 is 2.78 bits per heavy atom. The van der Waals surface area contributed by atoms with E-state index in [1.807, 2.05) is 0 Å². The molecule has 6 heteroatoms. The molecule has 0 saturated heterocycles. The zero-order valence-electron chi connectivity index (χ0n) is 10.9. The van der Waals surface area contributed by atoms with Gasteiger partial charge in [-0.1, -0.05) is 20.8 Å². The molecule has 0 bridgehead atoms. The van der Waals surface area contributed by atoms with Crippen LogP contribution < -0.4 is 5.32 Å². The van der Waals surface area contributed by atoms with E-state index in [4.69, 9.17) is 11.6 Å². The second kappa shape index (κ2) is 5.10. The number of hydrogen-bond acceptors (Lipinski definition) is 4. The minimum atomic E-state index is 0.103. The van der Waals surface area contributed by atoms with Crippen LogP contribution in [0, 0.1) is 5.41 Å². The van der Waals surface area contributed by atoms with Gasteiger partial charge in [0.2, 0.25) is 0 Å². The maximum atomic E-state index is 5.87. The van der Waals surface area contributed by atoms with Gasteiger partial charge in [0, 0.05) is 11.9 Å². The number of rotatable bonds is 4. The van der Waals surface area contributed by atoms with E-state index >= 15 is 0 Å². The van der Waals surface area contributed by atoms with Crippen molar-refractivity contribution in [1.29, 1.82) is 0 Å². The molecule has 2 heterocycles. The summed E-state index contributed by atoms with van der Waals surface area (Å²) in [6.07, 6.45) is 4.02. The van der Waals surface area contributed by atoms with Crippen LogP contribution in [0.2, 0.25) is 0 Å². The van der Waals surface area contributed by atoms with Crippen LogP contribution in [-0.2, 0) is 0 Å². The van der Waals surface area contributed by atoms with Crippen LogP contribution in [0.25, 0.3) is 11.2 Å². The topological polar surface area (TPSA) is 66.5 Å². The van der Waals surface area contributed by atoms with Crippen LogP contribution in [0.5, 0.6) is 0 Å². The highest BCUT2D eigenvalue weighted by Gasteiger charge is 2.25.